The zero-order chi connectivity index (χ0) is 21.1. The lowest BCUT2D eigenvalue weighted by Crippen LogP contribution is -2.44. The molecule has 30 heavy (non-hydrogen) atoms. The number of carbonyl (C=O) groups is 2. The minimum atomic E-state index is -0.724. The number of benzene rings is 2. The molecule has 152 valence electrons. The predicted molar refractivity (Wildman–Crippen MR) is 114 cm³/mol. The van der Waals surface area contributed by atoms with Gasteiger partial charge in [0.1, 0.15) is 12.4 Å². The number of fused-ring (bicyclic) bond motifs is 1. The third kappa shape index (κ3) is 4.06. The molecule has 0 saturated carbocycles. The van der Waals surface area contributed by atoms with Gasteiger partial charge in [-0.25, -0.2) is 4.98 Å². The van der Waals surface area contributed by atoms with E-state index < -0.39 is 11.9 Å². The topological polar surface area (TPSA) is 89.2 Å². The molecule has 0 aliphatic heterocycles. The van der Waals surface area contributed by atoms with E-state index in [4.69, 9.17) is 16.0 Å². The minimum absolute atomic E-state index is 0.153. The van der Waals surface area contributed by atoms with Crippen LogP contribution in [-0.4, -0.2) is 27.4 Å². The van der Waals surface area contributed by atoms with Crippen LogP contribution in [-0.2, 0) is 11.3 Å². The Kier molecular flexibility index (Phi) is 5.54. The van der Waals surface area contributed by atoms with Gasteiger partial charge in [-0.1, -0.05) is 29.8 Å². The third-order valence-corrected chi connectivity index (χ3v) is 5.06. The molecule has 0 spiro atoms. The average molecular weight is 423 g/mol. The van der Waals surface area contributed by atoms with Crippen LogP contribution in [0.3, 0.4) is 0 Å². The fraction of sp³-hybridized carbons (Fsp3) is 0.136. The number of imidazole rings is 1. The van der Waals surface area contributed by atoms with Crippen molar-refractivity contribution in [2.45, 2.75) is 19.5 Å². The van der Waals surface area contributed by atoms with Crippen molar-refractivity contribution in [3.8, 4) is 5.69 Å². The number of furan rings is 1. The number of hydrogen-bond donors (Lipinski definition) is 2. The van der Waals surface area contributed by atoms with Gasteiger partial charge in [0.15, 0.2) is 5.76 Å². The summed E-state index contributed by atoms with van der Waals surface area (Å²) in [5, 5.41) is 5.90. The highest BCUT2D eigenvalue weighted by molar-refractivity contribution is 6.31. The van der Waals surface area contributed by atoms with Gasteiger partial charge in [-0.3, -0.25) is 14.2 Å². The van der Waals surface area contributed by atoms with Crippen LogP contribution in [0, 0.1) is 0 Å². The van der Waals surface area contributed by atoms with E-state index in [9.17, 15) is 9.59 Å². The highest BCUT2D eigenvalue weighted by Crippen LogP contribution is 2.23. The predicted octanol–water partition coefficient (Wildman–Crippen LogP) is 3.71. The van der Waals surface area contributed by atoms with Gasteiger partial charge in [0.2, 0.25) is 5.91 Å². The lowest BCUT2D eigenvalue weighted by Gasteiger charge is -2.14. The van der Waals surface area contributed by atoms with Gasteiger partial charge < -0.3 is 15.1 Å². The second-order valence-corrected chi connectivity index (χ2v) is 7.18. The lowest BCUT2D eigenvalue weighted by molar-refractivity contribution is -0.122. The summed E-state index contributed by atoms with van der Waals surface area (Å²) in [6.45, 7) is 1.84. The molecule has 0 aliphatic carbocycles. The molecule has 1 atom stereocenters. The van der Waals surface area contributed by atoms with Crippen LogP contribution in [0.2, 0.25) is 5.02 Å². The quantitative estimate of drug-likeness (QED) is 0.495. The largest absolute Gasteiger partial charge is 0.459 e. The molecule has 0 aliphatic rings. The molecule has 2 aromatic carbocycles. The Hall–Kier alpha value is -3.58. The summed E-state index contributed by atoms with van der Waals surface area (Å²) >= 11 is 6.45. The molecule has 0 saturated heterocycles. The highest BCUT2D eigenvalue weighted by atomic mass is 35.5. The second kappa shape index (κ2) is 8.42. The number of hydrogen-bond acceptors (Lipinski definition) is 4. The van der Waals surface area contributed by atoms with E-state index in [1.807, 2.05) is 47.0 Å². The number of nitrogens with zero attached hydrogens (tertiary/aromatic N) is 2. The lowest BCUT2D eigenvalue weighted by atomic mass is 10.2. The summed E-state index contributed by atoms with van der Waals surface area (Å²) in [4.78, 5) is 28.7. The fourth-order valence-corrected chi connectivity index (χ4v) is 3.31. The Bertz CT molecular complexity index is 1200. The summed E-state index contributed by atoms with van der Waals surface area (Å²) in [7, 11) is 0. The van der Waals surface area contributed by atoms with Crippen LogP contribution in [0.4, 0.5) is 0 Å². The van der Waals surface area contributed by atoms with Crippen molar-refractivity contribution >= 4 is 34.4 Å². The minimum Gasteiger partial charge on any atom is -0.459 e. The number of halogens is 1. The Morgan fingerprint density at radius 3 is 2.77 bits per heavy atom. The first-order chi connectivity index (χ1) is 14.5. The molecule has 2 amide bonds. The van der Waals surface area contributed by atoms with Crippen molar-refractivity contribution in [1.82, 2.24) is 20.2 Å². The maximum absolute atomic E-state index is 12.3. The first-order valence-electron chi connectivity index (χ1n) is 9.36. The number of rotatable bonds is 6. The van der Waals surface area contributed by atoms with Crippen molar-refractivity contribution in [3.05, 3.63) is 83.5 Å². The molecule has 0 fully saturated rings. The van der Waals surface area contributed by atoms with Crippen LogP contribution >= 0.6 is 11.6 Å². The van der Waals surface area contributed by atoms with Crippen molar-refractivity contribution in [3.63, 3.8) is 0 Å². The fourth-order valence-electron chi connectivity index (χ4n) is 3.07. The van der Waals surface area contributed by atoms with Gasteiger partial charge in [-0.2, -0.15) is 0 Å². The number of aromatic nitrogens is 2. The molecule has 2 heterocycles. The van der Waals surface area contributed by atoms with Gasteiger partial charge in [-0.05, 0) is 48.9 Å². The molecule has 0 radical (unpaired) electrons. The van der Waals surface area contributed by atoms with Gasteiger partial charge in [0.05, 0.1) is 17.3 Å². The van der Waals surface area contributed by atoms with Crippen LogP contribution in [0.5, 0.6) is 0 Å². The van der Waals surface area contributed by atoms with E-state index in [-0.39, 0.29) is 18.2 Å². The van der Waals surface area contributed by atoms with E-state index in [2.05, 4.69) is 15.6 Å². The first-order valence-corrected chi connectivity index (χ1v) is 9.73. The van der Waals surface area contributed by atoms with E-state index in [1.54, 1.807) is 19.3 Å². The van der Waals surface area contributed by atoms with Gasteiger partial charge in [0.25, 0.3) is 5.91 Å². The molecule has 0 bridgehead atoms. The van der Waals surface area contributed by atoms with Crippen LogP contribution in [0.25, 0.3) is 16.7 Å². The molecule has 4 aromatic rings. The zero-order valence-electron chi connectivity index (χ0n) is 16.1. The number of para-hydroxylation sites is 2. The maximum Gasteiger partial charge on any atom is 0.287 e. The molecular weight excluding hydrogens is 404 g/mol. The number of carbonyl (C=O) groups excluding carboxylic acids is 2. The van der Waals surface area contributed by atoms with Crippen molar-refractivity contribution in [1.29, 1.82) is 0 Å². The third-order valence-electron chi connectivity index (χ3n) is 4.71. The maximum atomic E-state index is 12.3. The first kappa shape index (κ1) is 19.7. The van der Waals surface area contributed by atoms with Crippen LogP contribution in [0.15, 0.2) is 71.6 Å². The Balaban J connectivity index is 1.40. The van der Waals surface area contributed by atoms with Crippen LogP contribution < -0.4 is 10.6 Å². The average Bonchev–Trinajstić information content (AvgIpc) is 3.42. The van der Waals surface area contributed by atoms with Crippen molar-refractivity contribution in [2.24, 2.45) is 0 Å². The number of nitrogens with one attached hydrogen (secondary N) is 2. The van der Waals surface area contributed by atoms with Crippen molar-refractivity contribution < 1.29 is 14.0 Å². The van der Waals surface area contributed by atoms with Crippen LogP contribution in [0.1, 0.15) is 23.0 Å². The normalized spacial score (nSPS) is 11.9. The molecule has 8 heteroatoms. The SMILES string of the molecule is C[C@H](NC(=O)c1ccco1)C(=O)NCc1ccc(-n2cnc3ccccc32)cc1Cl. The van der Waals surface area contributed by atoms with E-state index >= 15 is 0 Å². The molecular formula is C22H19ClN4O3. The summed E-state index contributed by atoms with van der Waals surface area (Å²) in [5.74, 6) is -0.617. The zero-order valence-corrected chi connectivity index (χ0v) is 16.9. The monoisotopic (exact) mass is 422 g/mol. The Morgan fingerprint density at radius 2 is 2.00 bits per heavy atom. The summed E-state index contributed by atoms with van der Waals surface area (Å²) in [6.07, 6.45) is 3.15. The van der Waals surface area contributed by atoms with Gasteiger partial charge in [-0.15, -0.1) is 0 Å². The molecule has 2 N–H and O–H groups in total. The molecule has 7 nitrogen and oxygen atoms in total. The van der Waals surface area contributed by atoms with Crippen molar-refractivity contribution in [2.75, 3.05) is 0 Å². The number of amides is 2. The Morgan fingerprint density at radius 1 is 1.17 bits per heavy atom. The van der Waals surface area contributed by atoms with Gasteiger partial charge >= 0.3 is 0 Å². The van der Waals surface area contributed by atoms with Gasteiger partial charge in [0, 0.05) is 17.3 Å². The smallest absolute Gasteiger partial charge is 0.287 e. The standard InChI is InChI=1S/C22H19ClN4O3/c1-14(26-22(29)20-7-4-10-30-20)21(28)24-12-15-8-9-16(11-17(15)23)27-13-25-18-5-2-3-6-19(18)27/h2-11,13-14H,12H2,1H3,(H,24,28)(H,26,29)/t14-/m0/s1. The molecule has 2 aromatic heterocycles. The summed E-state index contributed by atoms with van der Waals surface area (Å²) in [5.41, 5.74) is 3.52. The van der Waals surface area contributed by atoms with E-state index in [0.29, 0.717) is 5.02 Å². The summed E-state index contributed by atoms with van der Waals surface area (Å²) in [6, 6.07) is 15.9. The molecule has 0 unspecified atom stereocenters. The molecule has 4 rings (SSSR count). The van der Waals surface area contributed by atoms with E-state index in [0.717, 1.165) is 22.3 Å². The Labute approximate surface area is 177 Å². The second-order valence-electron chi connectivity index (χ2n) is 6.77. The highest BCUT2D eigenvalue weighted by Gasteiger charge is 2.18. The summed E-state index contributed by atoms with van der Waals surface area (Å²) < 4.78 is 6.98. The van der Waals surface area contributed by atoms with E-state index in [1.165, 1.54) is 12.3 Å².